The first-order valence-electron chi connectivity index (χ1n) is 5.18. The number of pyridine rings is 1. The van der Waals surface area contributed by atoms with Crippen molar-refractivity contribution < 1.29 is 4.79 Å². The fourth-order valence-electron chi connectivity index (χ4n) is 1.70. The van der Waals surface area contributed by atoms with Gasteiger partial charge in [-0.1, -0.05) is 0 Å². The highest BCUT2D eigenvalue weighted by molar-refractivity contribution is 5.78. The first kappa shape index (κ1) is 10.4. The maximum absolute atomic E-state index is 11.0. The van der Waals surface area contributed by atoms with Crippen molar-refractivity contribution in [1.29, 1.82) is 5.26 Å². The Kier molecular flexibility index (Phi) is 3.01. The van der Waals surface area contributed by atoms with Crippen molar-refractivity contribution in [3.8, 4) is 6.07 Å². The molecule has 0 saturated carbocycles. The SMILES string of the molecule is N#Cc1ncccc1NCC1CCC(=O)N1. The summed E-state index contributed by atoms with van der Waals surface area (Å²) in [6.07, 6.45) is 3.01. The quantitative estimate of drug-likeness (QED) is 0.777. The van der Waals surface area contributed by atoms with Crippen molar-refractivity contribution in [3.63, 3.8) is 0 Å². The van der Waals surface area contributed by atoms with Crippen molar-refractivity contribution in [2.45, 2.75) is 18.9 Å². The number of nitriles is 1. The van der Waals surface area contributed by atoms with Crippen molar-refractivity contribution >= 4 is 11.6 Å². The number of amides is 1. The fraction of sp³-hybridized carbons (Fsp3) is 0.364. The standard InChI is InChI=1S/C11H12N4O/c12-6-10-9(2-1-5-13-10)14-7-8-3-4-11(16)15-8/h1-2,5,8,14H,3-4,7H2,(H,15,16). The van der Waals surface area contributed by atoms with Crippen LogP contribution in [0.1, 0.15) is 18.5 Å². The number of rotatable bonds is 3. The van der Waals surface area contributed by atoms with Gasteiger partial charge in [-0.3, -0.25) is 4.79 Å². The minimum Gasteiger partial charge on any atom is -0.381 e. The molecule has 16 heavy (non-hydrogen) atoms. The highest BCUT2D eigenvalue weighted by Gasteiger charge is 2.20. The molecule has 1 aliphatic heterocycles. The van der Waals surface area contributed by atoms with Crippen molar-refractivity contribution in [2.24, 2.45) is 0 Å². The zero-order chi connectivity index (χ0) is 11.4. The summed E-state index contributed by atoms with van der Waals surface area (Å²) >= 11 is 0. The molecule has 0 bridgehead atoms. The third kappa shape index (κ3) is 2.28. The lowest BCUT2D eigenvalue weighted by Gasteiger charge is -2.12. The third-order valence-electron chi connectivity index (χ3n) is 2.54. The number of nitrogens with one attached hydrogen (secondary N) is 2. The van der Waals surface area contributed by atoms with E-state index in [1.54, 1.807) is 12.3 Å². The van der Waals surface area contributed by atoms with E-state index >= 15 is 0 Å². The Labute approximate surface area is 93.5 Å². The van der Waals surface area contributed by atoms with E-state index in [9.17, 15) is 4.79 Å². The van der Waals surface area contributed by atoms with Gasteiger partial charge in [0.05, 0.1) is 5.69 Å². The predicted octanol–water partition coefficient (Wildman–Crippen LogP) is 0.644. The average Bonchev–Trinajstić information content (AvgIpc) is 2.73. The summed E-state index contributed by atoms with van der Waals surface area (Å²) in [6.45, 7) is 0.631. The van der Waals surface area contributed by atoms with E-state index in [4.69, 9.17) is 5.26 Å². The first-order valence-corrected chi connectivity index (χ1v) is 5.18. The molecule has 1 amide bonds. The Morgan fingerprint density at radius 2 is 2.56 bits per heavy atom. The van der Waals surface area contributed by atoms with Crippen LogP contribution in [0.3, 0.4) is 0 Å². The highest BCUT2D eigenvalue weighted by atomic mass is 16.1. The summed E-state index contributed by atoms with van der Waals surface area (Å²) in [6, 6.07) is 5.75. The molecule has 0 radical (unpaired) electrons. The average molecular weight is 216 g/mol. The number of anilines is 1. The second-order valence-electron chi connectivity index (χ2n) is 3.70. The summed E-state index contributed by atoms with van der Waals surface area (Å²) < 4.78 is 0. The summed E-state index contributed by atoms with van der Waals surface area (Å²) in [5.41, 5.74) is 1.10. The molecular formula is C11H12N4O. The molecule has 0 aromatic carbocycles. The minimum atomic E-state index is 0.0958. The predicted molar refractivity (Wildman–Crippen MR) is 58.6 cm³/mol. The van der Waals surface area contributed by atoms with Crippen LogP contribution in [-0.2, 0) is 4.79 Å². The van der Waals surface area contributed by atoms with Crippen molar-refractivity contribution in [3.05, 3.63) is 24.0 Å². The van der Waals surface area contributed by atoms with Gasteiger partial charge in [0.25, 0.3) is 0 Å². The number of carbonyl (C=O) groups excluding carboxylic acids is 1. The van der Waals surface area contributed by atoms with E-state index in [2.05, 4.69) is 15.6 Å². The van der Waals surface area contributed by atoms with Gasteiger partial charge in [0.15, 0.2) is 5.69 Å². The molecule has 2 N–H and O–H groups in total. The van der Waals surface area contributed by atoms with Crippen LogP contribution >= 0.6 is 0 Å². The smallest absolute Gasteiger partial charge is 0.220 e. The molecule has 1 fully saturated rings. The second kappa shape index (κ2) is 4.62. The number of nitrogens with zero attached hydrogens (tertiary/aromatic N) is 2. The van der Waals surface area contributed by atoms with Crippen LogP contribution in [0.5, 0.6) is 0 Å². The Bertz CT molecular complexity index is 438. The second-order valence-corrected chi connectivity index (χ2v) is 3.70. The van der Waals surface area contributed by atoms with Crippen molar-refractivity contribution in [1.82, 2.24) is 10.3 Å². The van der Waals surface area contributed by atoms with Gasteiger partial charge in [-0.05, 0) is 18.6 Å². The lowest BCUT2D eigenvalue weighted by atomic mass is 10.2. The molecular weight excluding hydrogens is 204 g/mol. The number of hydrogen-bond acceptors (Lipinski definition) is 4. The maximum Gasteiger partial charge on any atom is 0.220 e. The Balaban J connectivity index is 1.95. The van der Waals surface area contributed by atoms with Gasteiger partial charge >= 0.3 is 0 Å². The van der Waals surface area contributed by atoms with Gasteiger partial charge < -0.3 is 10.6 Å². The molecule has 82 valence electrons. The Morgan fingerprint density at radius 1 is 1.69 bits per heavy atom. The molecule has 1 unspecified atom stereocenters. The molecule has 1 aromatic heterocycles. The molecule has 5 heteroatoms. The van der Waals surface area contributed by atoms with E-state index in [0.717, 1.165) is 6.42 Å². The van der Waals surface area contributed by atoms with E-state index in [0.29, 0.717) is 24.3 Å². The van der Waals surface area contributed by atoms with Gasteiger partial charge in [0.2, 0.25) is 5.91 Å². The third-order valence-corrected chi connectivity index (χ3v) is 2.54. The van der Waals surface area contributed by atoms with Gasteiger partial charge in [0, 0.05) is 25.2 Å². The molecule has 2 rings (SSSR count). The maximum atomic E-state index is 11.0. The van der Waals surface area contributed by atoms with Crippen LogP contribution in [0.4, 0.5) is 5.69 Å². The summed E-state index contributed by atoms with van der Waals surface area (Å²) in [5.74, 6) is 0.0958. The van der Waals surface area contributed by atoms with Crippen LogP contribution in [0.25, 0.3) is 0 Å². The highest BCUT2D eigenvalue weighted by Crippen LogP contribution is 2.12. The van der Waals surface area contributed by atoms with Crippen LogP contribution in [0.2, 0.25) is 0 Å². The molecule has 0 spiro atoms. The van der Waals surface area contributed by atoms with E-state index in [-0.39, 0.29) is 11.9 Å². The zero-order valence-electron chi connectivity index (χ0n) is 8.73. The number of aromatic nitrogens is 1. The lowest BCUT2D eigenvalue weighted by molar-refractivity contribution is -0.119. The van der Waals surface area contributed by atoms with Crippen LogP contribution in [-0.4, -0.2) is 23.5 Å². The summed E-state index contributed by atoms with van der Waals surface area (Å²) in [5, 5.41) is 14.8. The summed E-state index contributed by atoms with van der Waals surface area (Å²) in [7, 11) is 0. The topological polar surface area (TPSA) is 77.8 Å². The largest absolute Gasteiger partial charge is 0.381 e. The van der Waals surface area contributed by atoms with E-state index < -0.39 is 0 Å². The molecule has 1 aliphatic rings. The number of hydrogen-bond donors (Lipinski definition) is 2. The van der Waals surface area contributed by atoms with Crippen LogP contribution in [0.15, 0.2) is 18.3 Å². The monoisotopic (exact) mass is 216 g/mol. The molecule has 0 aliphatic carbocycles. The number of carbonyl (C=O) groups is 1. The Morgan fingerprint density at radius 3 is 3.25 bits per heavy atom. The molecule has 1 saturated heterocycles. The van der Waals surface area contributed by atoms with E-state index in [1.807, 2.05) is 12.1 Å². The molecule has 2 heterocycles. The normalized spacial score (nSPS) is 18.9. The molecule has 1 atom stereocenters. The van der Waals surface area contributed by atoms with Crippen LogP contribution < -0.4 is 10.6 Å². The molecule has 5 nitrogen and oxygen atoms in total. The first-order chi connectivity index (χ1) is 7.79. The lowest BCUT2D eigenvalue weighted by Crippen LogP contribution is -2.31. The fourth-order valence-corrected chi connectivity index (χ4v) is 1.70. The Hall–Kier alpha value is -2.09. The molecule has 1 aromatic rings. The van der Waals surface area contributed by atoms with Gasteiger partial charge in [0.1, 0.15) is 6.07 Å². The van der Waals surface area contributed by atoms with Crippen LogP contribution in [0, 0.1) is 11.3 Å². The minimum absolute atomic E-state index is 0.0958. The van der Waals surface area contributed by atoms with Gasteiger partial charge in [-0.25, -0.2) is 4.98 Å². The summed E-state index contributed by atoms with van der Waals surface area (Å²) in [4.78, 5) is 14.9. The van der Waals surface area contributed by atoms with Crippen molar-refractivity contribution in [2.75, 3.05) is 11.9 Å². The van der Waals surface area contributed by atoms with E-state index in [1.165, 1.54) is 0 Å². The zero-order valence-corrected chi connectivity index (χ0v) is 8.73. The van der Waals surface area contributed by atoms with Gasteiger partial charge in [-0.15, -0.1) is 0 Å². The van der Waals surface area contributed by atoms with Gasteiger partial charge in [-0.2, -0.15) is 5.26 Å².